The molecule has 0 N–H and O–H groups in total. The molecule has 8 aromatic rings. The van der Waals surface area contributed by atoms with Crippen molar-refractivity contribution in [1.82, 2.24) is 9.97 Å². The maximum absolute atomic E-state index is 6.27. The van der Waals surface area contributed by atoms with Crippen LogP contribution in [0.25, 0.3) is 78.1 Å². The minimum atomic E-state index is -0.145. The molecule has 0 saturated carbocycles. The lowest BCUT2D eigenvalue weighted by Crippen LogP contribution is -2.15. The predicted molar refractivity (Wildman–Crippen MR) is 189 cm³/mol. The molecule has 6 aromatic carbocycles. The Kier molecular flexibility index (Phi) is 5.85. The first-order valence-electron chi connectivity index (χ1n) is 15.7. The van der Waals surface area contributed by atoms with E-state index < -0.39 is 0 Å². The summed E-state index contributed by atoms with van der Waals surface area (Å²) in [6.07, 6.45) is 0. The van der Waals surface area contributed by atoms with Gasteiger partial charge in [0, 0.05) is 32.9 Å². The maximum atomic E-state index is 6.27. The number of aromatic nitrogens is 2. The quantitative estimate of drug-likeness (QED) is 0.205. The minimum absolute atomic E-state index is 0.145. The highest BCUT2D eigenvalue weighted by molar-refractivity contribution is 6.07. The number of nitrogens with zero attached hydrogens (tertiary/aromatic N) is 2. The Morgan fingerprint density at radius 2 is 1.02 bits per heavy atom. The molecular formula is C43H30N2O. The fourth-order valence-electron chi connectivity index (χ4n) is 7.03. The molecule has 3 nitrogen and oxygen atoms in total. The summed E-state index contributed by atoms with van der Waals surface area (Å²) in [5.74, 6) is 0.717. The van der Waals surface area contributed by atoms with Crippen molar-refractivity contribution < 1.29 is 4.42 Å². The van der Waals surface area contributed by atoms with Crippen LogP contribution in [0.5, 0.6) is 0 Å². The molecule has 218 valence electrons. The lowest BCUT2D eigenvalue weighted by molar-refractivity contribution is 0.647. The molecule has 0 unspecified atom stereocenters. The molecule has 0 saturated heterocycles. The number of hydrogen-bond acceptors (Lipinski definition) is 3. The van der Waals surface area contributed by atoms with Gasteiger partial charge in [0.1, 0.15) is 11.2 Å². The molecule has 0 amide bonds. The van der Waals surface area contributed by atoms with E-state index in [0.29, 0.717) is 5.82 Å². The fraction of sp³-hybridized carbons (Fsp3) is 0.0698. The van der Waals surface area contributed by atoms with E-state index in [2.05, 4.69) is 111 Å². The van der Waals surface area contributed by atoms with E-state index in [-0.39, 0.29) is 5.41 Å². The Hall–Kier alpha value is -5.80. The van der Waals surface area contributed by atoms with Crippen LogP contribution in [0.2, 0.25) is 0 Å². The summed E-state index contributed by atoms with van der Waals surface area (Å²) in [4.78, 5) is 10.0. The van der Waals surface area contributed by atoms with Crippen molar-refractivity contribution in [2.24, 2.45) is 0 Å². The van der Waals surface area contributed by atoms with Gasteiger partial charge in [0.2, 0.25) is 0 Å². The molecule has 46 heavy (non-hydrogen) atoms. The molecular weight excluding hydrogens is 560 g/mol. The Labute approximate surface area is 267 Å². The van der Waals surface area contributed by atoms with E-state index in [9.17, 15) is 0 Å². The second kappa shape index (κ2) is 10.1. The molecule has 2 heterocycles. The molecule has 1 aliphatic carbocycles. The highest BCUT2D eigenvalue weighted by atomic mass is 16.3. The smallest absolute Gasteiger partial charge is 0.160 e. The number of furan rings is 1. The summed E-state index contributed by atoms with van der Waals surface area (Å²) in [5, 5.41) is 2.34. The van der Waals surface area contributed by atoms with Crippen LogP contribution in [0, 0.1) is 0 Å². The minimum Gasteiger partial charge on any atom is -0.456 e. The zero-order valence-electron chi connectivity index (χ0n) is 25.7. The summed E-state index contributed by atoms with van der Waals surface area (Å²) in [6, 6.07) is 51.1. The van der Waals surface area contributed by atoms with Gasteiger partial charge < -0.3 is 4.42 Å². The lowest BCUT2D eigenvalue weighted by atomic mass is 9.81. The second-order valence-corrected chi connectivity index (χ2v) is 12.6. The van der Waals surface area contributed by atoms with Crippen LogP contribution in [-0.4, -0.2) is 9.97 Å². The van der Waals surface area contributed by atoms with Gasteiger partial charge in [0.15, 0.2) is 5.82 Å². The lowest BCUT2D eigenvalue weighted by Gasteiger charge is -2.22. The van der Waals surface area contributed by atoms with Crippen molar-refractivity contribution in [3.05, 3.63) is 157 Å². The van der Waals surface area contributed by atoms with Gasteiger partial charge in [0.25, 0.3) is 0 Å². The molecule has 2 aromatic heterocycles. The SMILES string of the molecule is CC1(C)c2cc(-c3ccc(-c4nc(-c5ccccc5)cc(-c5ccccc5)n4)cc3)ccc2-c2cc3c(cc21)oc1ccccc13. The van der Waals surface area contributed by atoms with Gasteiger partial charge in [-0.1, -0.05) is 129 Å². The molecule has 0 atom stereocenters. The van der Waals surface area contributed by atoms with E-state index >= 15 is 0 Å². The van der Waals surface area contributed by atoms with Crippen LogP contribution in [0.4, 0.5) is 0 Å². The van der Waals surface area contributed by atoms with E-state index in [1.807, 2.05) is 48.5 Å². The first kappa shape index (κ1) is 26.6. The number of fused-ring (bicyclic) bond motifs is 6. The number of para-hydroxylation sites is 1. The monoisotopic (exact) mass is 590 g/mol. The van der Waals surface area contributed by atoms with Crippen LogP contribution in [0.1, 0.15) is 25.0 Å². The van der Waals surface area contributed by atoms with Crippen molar-refractivity contribution in [2.45, 2.75) is 19.3 Å². The van der Waals surface area contributed by atoms with Crippen molar-refractivity contribution in [1.29, 1.82) is 0 Å². The van der Waals surface area contributed by atoms with Gasteiger partial charge in [0.05, 0.1) is 11.4 Å². The third-order valence-electron chi connectivity index (χ3n) is 9.51. The summed E-state index contributed by atoms with van der Waals surface area (Å²) >= 11 is 0. The topological polar surface area (TPSA) is 38.9 Å². The first-order valence-corrected chi connectivity index (χ1v) is 15.7. The van der Waals surface area contributed by atoms with E-state index in [1.54, 1.807) is 0 Å². The van der Waals surface area contributed by atoms with Gasteiger partial charge in [-0.3, -0.25) is 0 Å². The fourth-order valence-corrected chi connectivity index (χ4v) is 7.03. The normalized spacial score (nSPS) is 13.2. The third kappa shape index (κ3) is 4.20. The molecule has 9 rings (SSSR count). The molecule has 1 aliphatic rings. The van der Waals surface area contributed by atoms with Crippen LogP contribution >= 0.6 is 0 Å². The van der Waals surface area contributed by atoms with Crippen molar-refractivity contribution >= 4 is 21.9 Å². The Bertz CT molecular complexity index is 2360. The molecule has 0 bridgehead atoms. The Morgan fingerprint density at radius 1 is 0.435 bits per heavy atom. The van der Waals surface area contributed by atoms with Crippen LogP contribution in [0.15, 0.2) is 150 Å². The Balaban J connectivity index is 1.10. The molecule has 0 fully saturated rings. The van der Waals surface area contributed by atoms with Crippen molar-refractivity contribution in [3.8, 4) is 56.2 Å². The summed E-state index contributed by atoms with van der Waals surface area (Å²) in [6.45, 7) is 4.64. The highest BCUT2D eigenvalue weighted by Gasteiger charge is 2.36. The maximum Gasteiger partial charge on any atom is 0.160 e. The standard InChI is InChI=1S/C43H30N2O/c1-43(2)36-23-31(21-22-32(36)34-24-35-33-15-9-10-16-40(33)46-41(35)25-37(34)43)27-17-19-30(20-18-27)42-44-38(28-11-5-3-6-12-28)26-39(45-42)29-13-7-4-8-14-29/h3-26H,1-2H3. The zero-order valence-corrected chi connectivity index (χ0v) is 25.7. The van der Waals surface area contributed by atoms with Gasteiger partial charge in [-0.15, -0.1) is 0 Å². The van der Waals surface area contributed by atoms with Crippen molar-refractivity contribution in [3.63, 3.8) is 0 Å². The molecule has 0 spiro atoms. The molecule has 3 heteroatoms. The average molecular weight is 591 g/mol. The average Bonchev–Trinajstić information content (AvgIpc) is 3.59. The van der Waals surface area contributed by atoms with E-state index in [4.69, 9.17) is 14.4 Å². The summed E-state index contributed by atoms with van der Waals surface area (Å²) in [5.41, 5.74) is 14.3. The van der Waals surface area contributed by atoms with Crippen LogP contribution in [0.3, 0.4) is 0 Å². The second-order valence-electron chi connectivity index (χ2n) is 12.6. The zero-order chi connectivity index (χ0) is 30.8. The largest absolute Gasteiger partial charge is 0.456 e. The van der Waals surface area contributed by atoms with Gasteiger partial charge in [-0.05, 0) is 63.7 Å². The molecule has 0 radical (unpaired) electrons. The third-order valence-corrected chi connectivity index (χ3v) is 9.51. The number of benzene rings is 6. The van der Waals surface area contributed by atoms with Gasteiger partial charge in [-0.2, -0.15) is 0 Å². The first-order chi connectivity index (χ1) is 22.5. The predicted octanol–water partition coefficient (Wildman–Crippen LogP) is 11.4. The van der Waals surface area contributed by atoms with Gasteiger partial charge in [-0.25, -0.2) is 9.97 Å². The highest BCUT2D eigenvalue weighted by Crippen LogP contribution is 2.51. The van der Waals surface area contributed by atoms with E-state index in [1.165, 1.54) is 38.8 Å². The van der Waals surface area contributed by atoms with Crippen molar-refractivity contribution in [2.75, 3.05) is 0 Å². The summed E-state index contributed by atoms with van der Waals surface area (Å²) in [7, 11) is 0. The van der Waals surface area contributed by atoms with Gasteiger partial charge >= 0.3 is 0 Å². The summed E-state index contributed by atoms with van der Waals surface area (Å²) < 4.78 is 6.27. The van der Waals surface area contributed by atoms with Crippen LogP contribution < -0.4 is 0 Å². The number of hydrogen-bond donors (Lipinski definition) is 0. The van der Waals surface area contributed by atoms with E-state index in [0.717, 1.165) is 44.6 Å². The van der Waals surface area contributed by atoms with Crippen LogP contribution in [-0.2, 0) is 5.41 Å². The number of rotatable bonds is 4. The molecule has 0 aliphatic heterocycles. The Morgan fingerprint density at radius 3 is 1.72 bits per heavy atom.